The van der Waals surface area contributed by atoms with Gasteiger partial charge >= 0.3 is 0 Å². The van der Waals surface area contributed by atoms with E-state index in [4.69, 9.17) is 4.74 Å². The fourth-order valence-corrected chi connectivity index (χ4v) is 1.31. The Morgan fingerprint density at radius 1 is 1.69 bits per heavy atom. The summed E-state index contributed by atoms with van der Waals surface area (Å²) in [5, 5.41) is 17.6. The van der Waals surface area contributed by atoms with Gasteiger partial charge in [0.15, 0.2) is 0 Å². The molecule has 1 atom stereocenters. The molecule has 0 fully saturated rings. The number of hydrogen-bond acceptors (Lipinski definition) is 4. The molecule has 0 saturated heterocycles. The Morgan fingerprint density at radius 3 is 2.77 bits per heavy atom. The zero-order valence-electron chi connectivity index (χ0n) is 8.19. The molecule has 1 N–H and O–H groups in total. The summed E-state index contributed by atoms with van der Waals surface area (Å²) in [5.74, 6) is 0. The van der Waals surface area contributed by atoms with E-state index in [2.05, 4.69) is 10.3 Å². The second-order valence-electron chi connectivity index (χ2n) is 3.06. The number of aryl methyl sites for hydroxylation is 1. The third kappa shape index (κ3) is 1.87. The van der Waals surface area contributed by atoms with Crippen LogP contribution in [0.1, 0.15) is 19.0 Å². The van der Waals surface area contributed by atoms with Crippen molar-refractivity contribution in [2.24, 2.45) is 7.05 Å². The Balaban J connectivity index is 2.95. The zero-order chi connectivity index (χ0) is 9.90. The molecule has 0 aliphatic carbocycles. The molecule has 74 valence electrons. The van der Waals surface area contributed by atoms with Crippen LogP contribution < -0.4 is 0 Å². The lowest BCUT2D eigenvalue weighted by atomic mass is 9.98. The molecule has 0 saturated carbocycles. The molecule has 0 aromatic carbocycles. The first-order chi connectivity index (χ1) is 6.14. The lowest BCUT2D eigenvalue weighted by Gasteiger charge is -2.24. The van der Waals surface area contributed by atoms with E-state index in [-0.39, 0.29) is 6.61 Å². The minimum absolute atomic E-state index is 0.255. The van der Waals surface area contributed by atoms with Gasteiger partial charge in [0, 0.05) is 14.2 Å². The Morgan fingerprint density at radius 2 is 2.38 bits per heavy atom. The maximum Gasteiger partial charge on any atom is 0.131 e. The van der Waals surface area contributed by atoms with E-state index in [9.17, 15) is 5.11 Å². The Bertz CT molecular complexity index is 274. The highest BCUT2D eigenvalue weighted by Gasteiger charge is 2.30. The smallest absolute Gasteiger partial charge is 0.131 e. The molecular formula is C8H15N3O2. The summed E-state index contributed by atoms with van der Waals surface area (Å²) in [6.45, 7) is 2.15. The van der Waals surface area contributed by atoms with Gasteiger partial charge in [-0.1, -0.05) is 12.1 Å². The van der Waals surface area contributed by atoms with Crippen molar-refractivity contribution in [2.75, 3.05) is 13.7 Å². The van der Waals surface area contributed by atoms with Crippen LogP contribution >= 0.6 is 0 Å². The van der Waals surface area contributed by atoms with Crippen LogP contribution in [0, 0.1) is 0 Å². The number of methoxy groups -OCH3 is 1. The lowest BCUT2D eigenvalue weighted by Crippen LogP contribution is -2.32. The fourth-order valence-electron chi connectivity index (χ4n) is 1.31. The van der Waals surface area contributed by atoms with Crippen LogP contribution in [0.5, 0.6) is 0 Å². The standard InChI is InChI=1S/C8H15N3O2/c1-4-8(12,6-13-3)7-5-9-10-11(7)2/h5,12H,4,6H2,1-3H3. The maximum absolute atomic E-state index is 10.1. The summed E-state index contributed by atoms with van der Waals surface area (Å²) < 4.78 is 6.52. The normalized spacial score (nSPS) is 15.7. The minimum Gasteiger partial charge on any atom is -0.381 e. The van der Waals surface area contributed by atoms with E-state index in [1.165, 1.54) is 0 Å². The first kappa shape index (κ1) is 10.1. The van der Waals surface area contributed by atoms with Gasteiger partial charge in [0.05, 0.1) is 18.5 Å². The molecule has 0 amide bonds. The van der Waals surface area contributed by atoms with Crippen molar-refractivity contribution in [1.82, 2.24) is 15.0 Å². The molecule has 1 aromatic heterocycles. The van der Waals surface area contributed by atoms with Crippen molar-refractivity contribution >= 4 is 0 Å². The summed E-state index contributed by atoms with van der Waals surface area (Å²) in [6, 6.07) is 0. The topological polar surface area (TPSA) is 60.2 Å². The lowest BCUT2D eigenvalue weighted by molar-refractivity contribution is -0.0443. The molecule has 1 unspecified atom stereocenters. The van der Waals surface area contributed by atoms with Crippen molar-refractivity contribution < 1.29 is 9.84 Å². The molecule has 0 bridgehead atoms. The van der Waals surface area contributed by atoms with Crippen molar-refractivity contribution in [3.63, 3.8) is 0 Å². The van der Waals surface area contributed by atoms with Crippen molar-refractivity contribution in [1.29, 1.82) is 0 Å². The van der Waals surface area contributed by atoms with Gasteiger partial charge in [-0.15, -0.1) is 5.10 Å². The van der Waals surface area contributed by atoms with Crippen molar-refractivity contribution in [3.8, 4) is 0 Å². The highest BCUT2D eigenvalue weighted by atomic mass is 16.5. The summed E-state index contributed by atoms with van der Waals surface area (Å²) in [7, 11) is 3.31. The molecule has 0 aliphatic rings. The summed E-state index contributed by atoms with van der Waals surface area (Å²) in [6.07, 6.45) is 2.13. The van der Waals surface area contributed by atoms with Crippen molar-refractivity contribution in [2.45, 2.75) is 18.9 Å². The predicted molar refractivity (Wildman–Crippen MR) is 47.1 cm³/mol. The second kappa shape index (κ2) is 3.85. The van der Waals surface area contributed by atoms with Gasteiger partial charge in [-0.3, -0.25) is 0 Å². The van der Waals surface area contributed by atoms with E-state index in [0.29, 0.717) is 12.1 Å². The van der Waals surface area contributed by atoms with Crippen LogP contribution in [0.3, 0.4) is 0 Å². The second-order valence-corrected chi connectivity index (χ2v) is 3.06. The number of ether oxygens (including phenoxy) is 1. The average molecular weight is 185 g/mol. The van der Waals surface area contributed by atoms with E-state index >= 15 is 0 Å². The monoisotopic (exact) mass is 185 g/mol. The Labute approximate surface area is 77.3 Å². The summed E-state index contributed by atoms with van der Waals surface area (Å²) in [5.41, 5.74) is -0.302. The number of nitrogens with zero attached hydrogens (tertiary/aromatic N) is 3. The van der Waals surface area contributed by atoms with Gasteiger partial charge in [0.2, 0.25) is 0 Å². The Hall–Kier alpha value is -0.940. The number of hydrogen-bond donors (Lipinski definition) is 1. The SMILES string of the molecule is CCC(O)(COC)c1cnnn1C. The van der Waals surface area contributed by atoms with E-state index in [1.807, 2.05) is 6.92 Å². The third-order valence-electron chi connectivity index (χ3n) is 2.16. The highest BCUT2D eigenvalue weighted by molar-refractivity contribution is 5.07. The average Bonchev–Trinajstić information content (AvgIpc) is 2.52. The highest BCUT2D eigenvalue weighted by Crippen LogP contribution is 2.23. The van der Waals surface area contributed by atoms with Crippen LogP contribution in [-0.2, 0) is 17.4 Å². The summed E-state index contributed by atoms with van der Waals surface area (Å²) in [4.78, 5) is 0. The van der Waals surface area contributed by atoms with E-state index in [0.717, 1.165) is 0 Å². The van der Waals surface area contributed by atoms with Gasteiger partial charge in [0.1, 0.15) is 5.60 Å². The van der Waals surface area contributed by atoms with Gasteiger partial charge in [-0.05, 0) is 6.42 Å². The van der Waals surface area contributed by atoms with Gasteiger partial charge in [-0.25, -0.2) is 4.68 Å². The summed E-state index contributed by atoms with van der Waals surface area (Å²) >= 11 is 0. The molecular weight excluding hydrogens is 170 g/mol. The quantitative estimate of drug-likeness (QED) is 0.720. The van der Waals surface area contributed by atoms with Gasteiger partial charge in [0.25, 0.3) is 0 Å². The molecule has 0 spiro atoms. The number of aliphatic hydroxyl groups is 1. The van der Waals surface area contributed by atoms with Crippen LogP contribution in [0.2, 0.25) is 0 Å². The van der Waals surface area contributed by atoms with Crippen LogP contribution in [0.4, 0.5) is 0 Å². The number of rotatable bonds is 4. The largest absolute Gasteiger partial charge is 0.381 e. The molecule has 1 aromatic rings. The minimum atomic E-state index is -0.979. The predicted octanol–water partition coefficient (Wildman–Crippen LogP) is 0.0591. The first-order valence-electron chi connectivity index (χ1n) is 4.20. The molecule has 1 heterocycles. The van der Waals surface area contributed by atoms with Crippen molar-refractivity contribution in [3.05, 3.63) is 11.9 Å². The molecule has 0 radical (unpaired) electrons. The Kier molecular flexibility index (Phi) is 3.00. The fraction of sp³-hybridized carbons (Fsp3) is 0.750. The first-order valence-corrected chi connectivity index (χ1v) is 4.20. The molecule has 5 nitrogen and oxygen atoms in total. The van der Waals surface area contributed by atoms with Crippen LogP contribution in [0.15, 0.2) is 6.20 Å². The van der Waals surface area contributed by atoms with Gasteiger partial charge in [-0.2, -0.15) is 0 Å². The van der Waals surface area contributed by atoms with Gasteiger partial charge < -0.3 is 9.84 Å². The van der Waals surface area contributed by atoms with Crippen LogP contribution in [0.25, 0.3) is 0 Å². The molecule has 0 aliphatic heterocycles. The van der Waals surface area contributed by atoms with E-state index in [1.54, 1.807) is 25.0 Å². The molecule has 5 heteroatoms. The molecule has 1 rings (SSSR count). The van der Waals surface area contributed by atoms with E-state index < -0.39 is 5.60 Å². The molecule has 13 heavy (non-hydrogen) atoms. The number of aromatic nitrogens is 3. The zero-order valence-corrected chi connectivity index (χ0v) is 8.19. The maximum atomic E-state index is 10.1. The third-order valence-corrected chi connectivity index (χ3v) is 2.16. The van der Waals surface area contributed by atoms with Crippen LogP contribution in [-0.4, -0.2) is 33.8 Å².